The number of rotatable bonds is 6. The number of hydrogen-bond acceptors (Lipinski definition) is 3. The van der Waals surface area contributed by atoms with Gasteiger partial charge >= 0.3 is 5.97 Å². The molecule has 0 aliphatic heterocycles. The van der Waals surface area contributed by atoms with Crippen LogP contribution in [0.1, 0.15) is 17.9 Å². The standard InChI is InChI=1S/C15H18O3/c1-4-8-13(12-9-6-5-7-10-12)11-14(17-2)15(16)18-3/h4-7,9-11,13H,1,8H2,2-3H3/b14-11-. The Balaban J connectivity index is 3.02. The summed E-state index contributed by atoms with van der Waals surface area (Å²) >= 11 is 0. The number of allylic oxidation sites excluding steroid dienone is 2. The van der Waals surface area contributed by atoms with Crippen LogP contribution in [-0.4, -0.2) is 20.2 Å². The molecule has 18 heavy (non-hydrogen) atoms. The molecule has 0 fully saturated rings. The lowest BCUT2D eigenvalue weighted by Crippen LogP contribution is -2.08. The Morgan fingerprint density at radius 2 is 1.94 bits per heavy atom. The van der Waals surface area contributed by atoms with E-state index in [0.29, 0.717) is 0 Å². The summed E-state index contributed by atoms with van der Waals surface area (Å²) in [4.78, 5) is 11.5. The first-order valence-electron chi connectivity index (χ1n) is 5.72. The Labute approximate surface area is 108 Å². The fraction of sp³-hybridized carbons (Fsp3) is 0.267. The molecule has 1 unspecified atom stereocenters. The van der Waals surface area contributed by atoms with Crippen molar-refractivity contribution in [1.29, 1.82) is 0 Å². The van der Waals surface area contributed by atoms with Crippen LogP contribution in [0.15, 0.2) is 54.8 Å². The molecule has 0 N–H and O–H groups in total. The number of carbonyl (C=O) groups excluding carboxylic acids is 1. The van der Waals surface area contributed by atoms with E-state index in [2.05, 4.69) is 11.3 Å². The van der Waals surface area contributed by atoms with E-state index in [1.54, 1.807) is 6.08 Å². The molecule has 0 aromatic heterocycles. The van der Waals surface area contributed by atoms with E-state index in [1.165, 1.54) is 14.2 Å². The third-order valence-electron chi connectivity index (χ3n) is 2.61. The highest BCUT2D eigenvalue weighted by Crippen LogP contribution is 2.23. The lowest BCUT2D eigenvalue weighted by Gasteiger charge is -2.13. The monoisotopic (exact) mass is 246 g/mol. The zero-order chi connectivity index (χ0) is 13.4. The molecule has 96 valence electrons. The van der Waals surface area contributed by atoms with Crippen molar-refractivity contribution in [3.05, 3.63) is 60.4 Å². The minimum absolute atomic E-state index is 0.0535. The molecular formula is C15H18O3. The molecule has 0 aliphatic rings. The van der Waals surface area contributed by atoms with Crippen LogP contribution in [0.25, 0.3) is 0 Å². The SMILES string of the molecule is C=CCC(/C=C(\OC)C(=O)OC)c1ccccc1. The van der Waals surface area contributed by atoms with Crippen LogP contribution in [0.5, 0.6) is 0 Å². The zero-order valence-electron chi connectivity index (χ0n) is 10.8. The summed E-state index contributed by atoms with van der Waals surface area (Å²) in [6, 6.07) is 9.90. The third-order valence-corrected chi connectivity index (χ3v) is 2.61. The van der Waals surface area contributed by atoms with Gasteiger partial charge in [-0.15, -0.1) is 6.58 Å². The van der Waals surface area contributed by atoms with Crippen LogP contribution < -0.4 is 0 Å². The second-order valence-electron chi connectivity index (χ2n) is 3.77. The quantitative estimate of drug-likeness (QED) is 0.335. The Kier molecular flexibility index (Phi) is 5.71. The van der Waals surface area contributed by atoms with E-state index in [9.17, 15) is 4.79 Å². The molecule has 0 spiro atoms. The summed E-state index contributed by atoms with van der Waals surface area (Å²) in [6.07, 6.45) is 4.31. The summed E-state index contributed by atoms with van der Waals surface area (Å²) in [5.74, 6) is -0.201. The van der Waals surface area contributed by atoms with Gasteiger partial charge in [-0.3, -0.25) is 0 Å². The van der Waals surface area contributed by atoms with E-state index < -0.39 is 5.97 Å². The van der Waals surface area contributed by atoms with Gasteiger partial charge in [0.25, 0.3) is 0 Å². The average molecular weight is 246 g/mol. The van der Waals surface area contributed by atoms with Crippen molar-refractivity contribution in [1.82, 2.24) is 0 Å². The van der Waals surface area contributed by atoms with E-state index in [1.807, 2.05) is 36.4 Å². The van der Waals surface area contributed by atoms with Gasteiger partial charge in [0, 0.05) is 5.92 Å². The molecule has 0 heterocycles. The highest BCUT2D eigenvalue weighted by molar-refractivity contribution is 5.86. The van der Waals surface area contributed by atoms with Crippen molar-refractivity contribution < 1.29 is 14.3 Å². The number of ether oxygens (including phenoxy) is 2. The smallest absolute Gasteiger partial charge is 0.372 e. The molecule has 1 rings (SSSR count). The number of hydrogen-bond donors (Lipinski definition) is 0. The molecule has 0 bridgehead atoms. The predicted octanol–water partition coefficient (Wildman–Crippen LogP) is 3.05. The van der Waals surface area contributed by atoms with E-state index in [0.717, 1.165) is 12.0 Å². The van der Waals surface area contributed by atoms with Crippen molar-refractivity contribution in [3.8, 4) is 0 Å². The second-order valence-corrected chi connectivity index (χ2v) is 3.77. The van der Waals surface area contributed by atoms with Gasteiger partial charge in [-0.2, -0.15) is 0 Å². The Bertz CT molecular complexity index is 421. The first-order chi connectivity index (χ1) is 8.72. The molecule has 0 aliphatic carbocycles. The molecule has 1 aromatic rings. The minimum Gasteiger partial charge on any atom is -0.490 e. The lowest BCUT2D eigenvalue weighted by molar-refractivity contribution is -0.139. The summed E-state index contributed by atoms with van der Waals surface area (Å²) in [6.45, 7) is 3.74. The van der Waals surface area contributed by atoms with Gasteiger partial charge in [0.2, 0.25) is 5.76 Å². The van der Waals surface area contributed by atoms with Crippen molar-refractivity contribution in [3.63, 3.8) is 0 Å². The summed E-state index contributed by atoms with van der Waals surface area (Å²) in [7, 11) is 2.79. The minimum atomic E-state index is -0.470. The number of esters is 1. The van der Waals surface area contributed by atoms with Crippen LogP contribution in [0.4, 0.5) is 0 Å². The number of methoxy groups -OCH3 is 2. The summed E-state index contributed by atoms with van der Waals surface area (Å²) < 4.78 is 9.71. The third kappa shape index (κ3) is 3.77. The summed E-state index contributed by atoms with van der Waals surface area (Å²) in [5, 5.41) is 0. The maximum Gasteiger partial charge on any atom is 0.372 e. The van der Waals surface area contributed by atoms with Gasteiger partial charge in [0.1, 0.15) is 0 Å². The highest BCUT2D eigenvalue weighted by Gasteiger charge is 2.14. The fourth-order valence-electron chi connectivity index (χ4n) is 1.68. The van der Waals surface area contributed by atoms with Gasteiger partial charge in [-0.05, 0) is 18.1 Å². The maximum atomic E-state index is 11.5. The second kappa shape index (κ2) is 7.33. The van der Waals surface area contributed by atoms with E-state index in [-0.39, 0.29) is 11.7 Å². The Morgan fingerprint density at radius 3 is 2.44 bits per heavy atom. The lowest BCUT2D eigenvalue weighted by atomic mass is 9.95. The fourth-order valence-corrected chi connectivity index (χ4v) is 1.68. The molecule has 0 amide bonds. The molecule has 3 heteroatoms. The normalized spacial score (nSPS) is 12.7. The molecule has 0 radical (unpaired) electrons. The first kappa shape index (κ1) is 14.0. The highest BCUT2D eigenvalue weighted by atomic mass is 16.6. The molecule has 3 nitrogen and oxygen atoms in total. The van der Waals surface area contributed by atoms with Crippen molar-refractivity contribution in [2.45, 2.75) is 12.3 Å². The first-order valence-corrected chi connectivity index (χ1v) is 5.72. The van der Waals surface area contributed by atoms with Crippen molar-refractivity contribution >= 4 is 5.97 Å². The van der Waals surface area contributed by atoms with Gasteiger partial charge in [0.05, 0.1) is 14.2 Å². The number of carbonyl (C=O) groups is 1. The molecule has 1 aromatic carbocycles. The van der Waals surface area contributed by atoms with Crippen LogP contribution in [-0.2, 0) is 14.3 Å². The van der Waals surface area contributed by atoms with E-state index in [4.69, 9.17) is 4.74 Å². The largest absolute Gasteiger partial charge is 0.490 e. The molecule has 0 saturated carbocycles. The Morgan fingerprint density at radius 1 is 1.28 bits per heavy atom. The predicted molar refractivity (Wildman–Crippen MR) is 71.1 cm³/mol. The average Bonchev–Trinajstić information content (AvgIpc) is 2.43. The van der Waals surface area contributed by atoms with Crippen LogP contribution in [0, 0.1) is 0 Å². The molecular weight excluding hydrogens is 228 g/mol. The Hall–Kier alpha value is -2.03. The summed E-state index contributed by atoms with van der Waals surface area (Å²) in [5.41, 5.74) is 1.11. The number of benzene rings is 1. The molecule has 1 atom stereocenters. The van der Waals surface area contributed by atoms with Crippen LogP contribution >= 0.6 is 0 Å². The van der Waals surface area contributed by atoms with Crippen molar-refractivity contribution in [2.75, 3.05) is 14.2 Å². The van der Waals surface area contributed by atoms with Crippen LogP contribution in [0.2, 0.25) is 0 Å². The topological polar surface area (TPSA) is 35.5 Å². The van der Waals surface area contributed by atoms with Gasteiger partial charge in [-0.25, -0.2) is 4.79 Å². The van der Waals surface area contributed by atoms with Crippen molar-refractivity contribution in [2.24, 2.45) is 0 Å². The zero-order valence-corrected chi connectivity index (χ0v) is 10.8. The molecule has 0 saturated heterocycles. The van der Waals surface area contributed by atoms with E-state index >= 15 is 0 Å². The maximum absolute atomic E-state index is 11.5. The van der Waals surface area contributed by atoms with Gasteiger partial charge in [0.15, 0.2) is 0 Å². The van der Waals surface area contributed by atoms with Gasteiger partial charge in [-0.1, -0.05) is 36.4 Å². The van der Waals surface area contributed by atoms with Gasteiger partial charge < -0.3 is 9.47 Å². The van der Waals surface area contributed by atoms with Crippen LogP contribution in [0.3, 0.4) is 0 Å².